The van der Waals surface area contributed by atoms with Crippen LogP contribution in [0.2, 0.25) is 0 Å². The molecule has 132 valence electrons. The van der Waals surface area contributed by atoms with Crippen LogP contribution in [0.3, 0.4) is 0 Å². The summed E-state index contributed by atoms with van der Waals surface area (Å²) in [4.78, 5) is 16.5. The summed E-state index contributed by atoms with van der Waals surface area (Å²) in [6.07, 6.45) is 8.41. The lowest BCUT2D eigenvalue weighted by molar-refractivity contribution is 0.0979. The largest absolute Gasteiger partial charge is 0.309 e. The number of hydrogen-bond acceptors (Lipinski definition) is 4. The van der Waals surface area contributed by atoms with Gasteiger partial charge < -0.3 is 4.57 Å². The number of nitrogens with zero attached hydrogens (tertiary/aromatic N) is 3. The second kappa shape index (κ2) is 6.27. The molecule has 2 aliphatic rings. The molecule has 1 amide bonds. The first-order valence-electron chi connectivity index (χ1n) is 8.44. The fourth-order valence-corrected chi connectivity index (χ4v) is 5.05. The lowest BCUT2D eigenvalue weighted by atomic mass is 10.0. The zero-order valence-electron chi connectivity index (χ0n) is 13.7. The number of nitrogens with one attached hydrogen (secondary N) is 1. The Labute approximate surface area is 146 Å². The molecule has 1 N–H and O–H groups in total. The number of hydrogen-bond donors (Lipinski definition) is 1. The maximum Gasteiger partial charge on any atom is 0.304 e. The number of rotatable bonds is 4. The standard InChI is InChI=1S/C17H20N4O3S/c22-17(13-6-7-16(18-10-13)20-8-1-2-9-20)19-25(23,24)21-11-14-4-3-5-15(14)12-21/h1-2,6-10,14-15H,3-5,11-12H2,(H,19,22)/t14-,15+. The number of fused-ring (bicyclic) bond motifs is 1. The first-order chi connectivity index (χ1) is 12.0. The van der Waals surface area contributed by atoms with Crippen molar-refractivity contribution in [2.24, 2.45) is 11.8 Å². The highest BCUT2D eigenvalue weighted by molar-refractivity contribution is 7.87. The third kappa shape index (κ3) is 3.19. The molecular formula is C17H20N4O3S. The van der Waals surface area contributed by atoms with Gasteiger partial charge in [-0.1, -0.05) is 6.42 Å². The van der Waals surface area contributed by atoms with E-state index in [1.54, 1.807) is 16.7 Å². The first kappa shape index (κ1) is 16.3. The fraction of sp³-hybridized carbons (Fsp3) is 0.412. The second-order valence-electron chi connectivity index (χ2n) is 6.70. The van der Waals surface area contributed by atoms with Gasteiger partial charge in [-0.15, -0.1) is 0 Å². The van der Waals surface area contributed by atoms with Crippen LogP contribution in [0.5, 0.6) is 0 Å². The smallest absolute Gasteiger partial charge is 0.304 e. The Morgan fingerprint density at radius 2 is 1.80 bits per heavy atom. The van der Waals surface area contributed by atoms with Crippen molar-refractivity contribution in [1.82, 2.24) is 18.6 Å². The number of carbonyl (C=O) groups is 1. The van der Waals surface area contributed by atoms with Gasteiger partial charge in [0.25, 0.3) is 5.91 Å². The van der Waals surface area contributed by atoms with E-state index in [0.717, 1.165) is 12.8 Å². The summed E-state index contributed by atoms with van der Waals surface area (Å²) in [7, 11) is -3.80. The summed E-state index contributed by atoms with van der Waals surface area (Å²) >= 11 is 0. The SMILES string of the molecule is O=C(NS(=O)(=O)N1C[C@H]2CCC[C@H]2C1)c1ccc(-n2cccc2)nc1. The van der Waals surface area contributed by atoms with Crippen molar-refractivity contribution in [3.8, 4) is 5.82 Å². The molecule has 0 unspecified atom stereocenters. The maximum atomic E-state index is 12.5. The zero-order chi connectivity index (χ0) is 17.4. The van der Waals surface area contributed by atoms with Gasteiger partial charge in [-0.05, 0) is 48.9 Å². The molecule has 2 aromatic rings. The number of pyridine rings is 1. The minimum Gasteiger partial charge on any atom is -0.309 e. The van der Waals surface area contributed by atoms with Gasteiger partial charge in [-0.3, -0.25) is 4.79 Å². The van der Waals surface area contributed by atoms with Gasteiger partial charge in [0, 0.05) is 31.7 Å². The average Bonchev–Trinajstić information content (AvgIpc) is 3.31. The van der Waals surface area contributed by atoms with Crippen LogP contribution in [0.4, 0.5) is 0 Å². The monoisotopic (exact) mass is 360 g/mol. The summed E-state index contributed by atoms with van der Waals surface area (Å²) in [5.41, 5.74) is 0.221. The topological polar surface area (TPSA) is 84.3 Å². The van der Waals surface area contributed by atoms with Crippen molar-refractivity contribution in [1.29, 1.82) is 0 Å². The molecule has 4 rings (SSSR count). The Hall–Kier alpha value is -2.19. The molecular weight excluding hydrogens is 340 g/mol. The summed E-state index contributed by atoms with van der Waals surface area (Å²) in [5.74, 6) is 0.892. The van der Waals surface area contributed by atoms with Crippen LogP contribution in [-0.2, 0) is 10.2 Å². The summed E-state index contributed by atoms with van der Waals surface area (Å²) < 4.78 is 30.3. The minimum absolute atomic E-state index is 0.221. The Bertz CT molecular complexity index is 850. The lowest BCUT2D eigenvalue weighted by Crippen LogP contribution is -2.42. The predicted molar refractivity (Wildman–Crippen MR) is 92.4 cm³/mol. The van der Waals surface area contributed by atoms with Gasteiger partial charge in [0.1, 0.15) is 5.82 Å². The molecule has 1 saturated heterocycles. The molecule has 2 aromatic heterocycles. The molecule has 1 aliphatic carbocycles. The molecule has 8 heteroatoms. The third-order valence-electron chi connectivity index (χ3n) is 5.13. The van der Waals surface area contributed by atoms with Crippen LogP contribution >= 0.6 is 0 Å². The van der Waals surface area contributed by atoms with E-state index in [1.165, 1.54) is 16.9 Å². The molecule has 2 fully saturated rings. The summed E-state index contributed by atoms with van der Waals surface area (Å²) in [5, 5.41) is 0. The Balaban J connectivity index is 1.44. The molecule has 7 nitrogen and oxygen atoms in total. The van der Waals surface area contributed by atoms with E-state index < -0.39 is 16.1 Å². The van der Waals surface area contributed by atoms with E-state index in [9.17, 15) is 13.2 Å². The van der Waals surface area contributed by atoms with Crippen LogP contribution < -0.4 is 4.72 Å². The molecule has 3 heterocycles. The van der Waals surface area contributed by atoms with Crippen molar-refractivity contribution in [2.45, 2.75) is 19.3 Å². The van der Waals surface area contributed by atoms with Crippen molar-refractivity contribution in [3.63, 3.8) is 0 Å². The van der Waals surface area contributed by atoms with E-state index in [1.807, 2.05) is 24.5 Å². The Morgan fingerprint density at radius 1 is 1.12 bits per heavy atom. The van der Waals surface area contributed by atoms with E-state index in [-0.39, 0.29) is 5.56 Å². The van der Waals surface area contributed by atoms with E-state index in [4.69, 9.17) is 0 Å². The normalized spacial score (nSPS) is 23.5. The maximum absolute atomic E-state index is 12.5. The van der Waals surface area contributed by atoms with Crippen molar-refractivity contribution < 1.29 is 13.2 Å². The predicted octanol–water partition coefficient (Wildman–Crippen LogP) is 1.58. The number of amides is 1. The van der Waals surface area contributed by atoms with Gasteiger partial charge in [-0.2, -0.15) is 12.7 Å². The lowest BCUT2D eigenvalue weighted by Gasteiger charge is -2.17. The summed E-state index contributed by atoms with van der Waals surface area (Å²) in [6.45, 7) is 1.02. The number of carbonyl (C=O) groups excluding carboxylic acids is 1. The molecule has 1 aliphatic heterocycles. The average molecular weight is 360 g/mol. The molecule has 2 atom stereocenters. The first-order valence-corrected chi connectivity index (χ1v) is 9.88. The highest BCUT2D eigenvalue weighted by Gasteiger charge is 2.41. The third-order valence-corrected chi connectivity index (χ3v) is 6.55. The van der Waals surface area contributed by atoms with Crippen LogP contribution in [-0.4, -0.2) is 41.3 Å². The van der Waals surface area contributed by atoms with Gasteiger partial charge in [0.15, 0.2) is 0 Å². The van der Waals surface area contributed by atoms with Crippen molar-refractivity contribution >= 4 is 16.1 Å². The van der Waals surface area contributed by atoms with Crippen molar-refractivity contribution in [3.05, 3.63) is 48.4 Å². The molecule has 0 spiro atoms. The second-order valence-corrected chi connectivity index (χ2v) is 8.37. The van der Waals surface area contributed by atoms with Crippen molar-refractivity contribution in [2.75, 3.05) is 13.1 Å². The molecule has 1 saturated carbocycles. The van der Waals surface area contributed by atoms with Crippen LogP contribution in [0.15, 0.2) is 42.9 Å². The molecule has 0 aromatic carbocycles. The highest BCUT2D eigenvalue weighted by atomic mass is 32.2. The van der Waals surface area contributed by atoms with E-state index in [2.05, 4.69) is 9.71 Å². The Kier molecular flexibility index (Phi) is 4.09. The van der Waals surface area contributed by atoms with Crippen LogP contribution in [0, 0.1) is 11.8 Å². The van der Waals surface area contributed by atoms with Gasteiger partial charge in [-0.25, -0.2) is 9.71 Å². The van der Waals surface area contributed by atoms with Gasteiger partial charge >= 0.3 is 10.2 Å². The van der Waals surface area contributed by atoms with Gasteiger partial charge in [0.2, 0.25) is 0 Å². The van der Waals surface area contributed by atoms with Gasteiger partial charge in [0.05, 0.1) is 5.56 Å². The fourth-order valence-electron chi connectivity index (χ4n) is 3.79. The zero-order valence-corrected chi connectivity index (χ0v) is 14.5. The molecule has 0 radical (unpaired) electrons. The van der Waals surface area contributed by atoms with E-state index in [0.29, 0.717) is 30.7 Å². The van der Waals surface area contributed by atoms with Crippen LogP contribution in [0.25, 0.3) is 5.82 Å². The summed E-state index contributed by atoms with van der Waals surface area (Å²) in [6, 6.07) is 7.01. The van der Waals surface area contributed by atoms with Crippen LogP contribution in [0.1, 0.15) is 29.6 Å². The number of aromatic nitrogens is 2. The quantitative estimate of drug-likeness (QED) is 0.897. The van der Waals surface area contributed by atoms with E-state index >= 15 is 0 Å². The molecule has 0 bridgehead atoms. The molecule has 25 heavy (non-hydrogen) atoms. The Morgan fingerprint density at radius 3 is 2.40 bits per heavy atom. The highest BCUT2D eigenvalue weighted by Crippen LogP contribution is 2.38. The minimum atomic E-state index is -3.80.